The molecule has 0 saturated heterocycles. The maximum absolute atomic E-state index is 12.0. The summed E-state index contributed by atoms with van der Waals surface area (Å²) in [6.45, 7) is 3.59. The van der Waals surface area contributed by atoms with Gasteiger partial charge >= 0.3 is 11.9 Å². The molecule has 0 bridgehead atoms. The van der Waals surface area contributed by atoms with Crippen LogP contribution in [0.3, 0.4) is 0 Å². The number of esters is 1. The van der Waals surface area contributed by atoms with Crippen LogP contribution in [0.5, 0.6) is 0 Å². The van der Waals surface area contributed by atoms with Crippen LogP contribution in [0, 0.1) is 10.1 Å². The van der Waals surface area contributed by atoms with Crippen LogP contribution in [0.4, 0.5) is 5.88 Å². The summed E-state index contributed by atoms with van der Waals surface area (Å²) in [7, 11) is 0. The van der Waals surface area contributed by atoms with Crippen molar-refractivity contribution in [3.63, 3.8) is 0 Å². The number of carbonyl (C=O) groups excluding carboxylic acids is 1. The fourth-order valence-electron chi connectivity index (χ4n) is 2.40. The highest BCUT2D eigenvalue weighted by Crippen LogP contribution is 2.22. The molecule has 0 unspecified atom stereocenters. The van der Waals surface area contributed by atoms with E-state index in [2.05, 4.69) is 10.2 Å². The maximum atomic E-state index is 12.0. The molecule has 2 aromatic heterocycles. The number of nitro groups is 1. The quantitative estimate of drug-likeness (QED) is 0.260. The van der Waals surface area contributed by atoms with E-state index in [0.29, 0.717) is 15.5 Å². The Morgan fingerprint density at radius 2 is 2.18 bits per heavy atom. The SMILES string of the molecule is CCOC(=O)Cn1/c(=N\N=C(/C)c2ccc([N+](=O)[O-])o2)sc2cc(Cl)ccc21. The summed E-state index contributed by atoms with van der Waals surface area (Å²) in [5.41, 5.74) is 1.12. The largest absolute Gasteiger partial charge is 0.465 e. The number of hydrogen-bond donors (Lipinski definition) is 0. The van der Waals surface area contributed by atoms with Crippen molar-refractivity contribution in [1.29, 1.82) is 0 Å². The average molecular weight is 423 g/mol. The minimum Gasteiger partial charge on any atom is -0.465 e. The molecule has 3 aromatic rings. The Morgan fingerprint density at radius 1 is 1.39 bits per heavy atom. The van der Waals surface area contributed by atoms with Crippen LogP contribution in [-0.2, 0) is 16.1 Å². The molecule has 9 nitrogen and oxygen atoms in total. The summed E-state index contributed by atoms with van der Waals surface area (Å²) in [5, 5.41) is 19.6. The lowest BCUT2D eigenvalue weighted by molar-refractivity contribution is -0.402. The van der Waals surface area contributed by atoms with E-state index in [-0.39, 0.29) is 24.8 Å². The zero-order valence-electron chi connectivity index (χ0n) is 14.9. The van der Waals surface area contributed by atoms with Gasteiger partial charge in [-0.1, -0.05) is 22.9 Å². The zero-order valence-corrected chi connectivity index (χ0v) is 16.5. The lowest BCUT2D eigenvalue weighted by Gasteiger charge is -2.04. The first kappa shape index (κ1) is 19.8. The second-order valence-electron chi connectivity index (χ2n) is 5.57. The Balaban J connectivity index is 2.04. The molecule has 0 atom stereocenters. The molecular formula is C17H15ClN4O5S. The number of hydrogen-bond acceptors (Lipinski definition) is 8. The molecule has 146 valence electrons. The number of ether oxygens (including phenoxy) is 1. The molecule has 1 aromatic carbocycles. The Kier molecular flexibility index (Phi) is 5.90. The van der Waals surface area contributed by atoms with E-state index in [1.54, 1.807) is 36.6 Å². The van der Waals surface area contributed by atoms with Gasteiger partial charge in [0.05, 0.1) is 22.9 Å². The van der Waals surface area contributed by atoms with Crippen molar-refractivity contribution in [1.82, 2.24) is 4.57 Å². The fourth-order valence-corrected chi connectivity index (χ4v) is 3.66. The van der Waals surface area contributed by atoms with Gasteiger partial charge in [0.15, 0.2) is 5.76 Å². The van der Waals surface area contributed by atoms with Crippen molar-refractivity contribution in [3.05, 3.63) is 56.0 Å². The minimum absolute atomic E-state index is 0.0326. The molecule has 2 heterocycles. The first-order valence-corrected chi connectivity index (χ1v) is 9.36. The Labute approximate surface area is 167 Å². The van der Waals surface area contributed by atoms with Crippen LogP contribution < -0.4 is 4.80 Å². The number of benzene rings is 1. The molecule has 0 amide bonds. The molecular weight excluding hydrogens is 408 g/mol. The van der Waals surface area contributed by atoms with E-state index < -0.39 is 10.9 Å². The van der Waals surface area contributed by atoms with Gasteiger partial charge in [0, 0.05) is 5.02 Å². The highest BCUT2D eigenvalue weighted by atomic mass is 35.5. The number of nitrogens with zero attached hydrogens (tertiary/aromatic N) is 4. The van der Waals surface area contributed by atoms with Crippen LogP contribution in [0.1, 0.15) is 19.6 Å². The minimum atomic E-state index is -0.628. The van der Waals surface area contributed by atoms with E-state index >= 15 is 0 Å². The topological polar surface area (TPSA) is 112 Å². The van der Waals surface area contributed by atoms with E-state index in [4.69, 9.17) is 20.8 Å². The Morgan fingerprint density at radius 3 is 2.86 bits per heavy atom. The molecule has 0 saturated carbocycles. The van der Waals surface area contributed by atoms with Gasteiger partial charge in [-0.2, -0.15) is 0 Å². The van der Waals surface area contributed by atoms with Crippen molar-refractivity contribution >= 4 is 50.7 Å². The third-order valence-electron chi connectivity index (χ3n) is 3.65. The van der Waals surface area contributed by atoms with Gasteiger partial charge in [0.2, 0.25) is 4.80 Å². The monoisotopic (exact) mass is 422 g/mol. The van der Waals surface area contributed by atoms with Crippen molar-refractivity contribution in [2.75, 3.05) is 6.61 Å². The number of rotatable bonds is 6. The van der Waals surface area contributed by atoms with E-state index in [9.17, 15) is 14.9 Å². The van der Waals surface area contributed by atoms with Crippen LogP contribution in [0.25, 0.3) is 10.2 Å². The Hall–Kier alpha value is -2.98. The number of aromatic nitrogens is 1. The van der Waals surface area contributed by atoms with Gasteiger partial charge in [0.1, 0.15) is 17.2 Å². The zero-order chi connectivity index (χ0) is 20.3. The number of thiazole rings is 1. The molecule has 28 heavy (non-hydrogen) atoms. The van der Waals surface area contributed by atoms with Crippen molar-refractivity contribution in [2.24, 2.45) is 10.2 Å². The lowest BCUT2D eigenvalue weighted by atomic mass is 10.3. The summed E-state index contributed by atoms with van der Waals surface area (Å²) < 4.78 is 12.6. The summed E-state index contributed by atoms with van der Waals surface area (Å²) in [6.07, 6.45) is 0. The second kappa shape index (κ2) is 8.36. The first-order chi connectivity index (χ1) is 13.4. The molecule has 0 radical (unpaired) electrons. The lowest BCUT2D eigenvalue weighted by Crippen LogP contribution is -2.21. The van der Waals surface area contributed by atoms with E-state index in [0.717, 1.165) is 10.2 Å². The number of furan rings is 1. The predicted octanol–water partition coefficient (Wildman–Crippen LogP) is 3.75. The number of fused-ring (bicyclic) bond motifs is 1. The van der Waals surface area contributed by atoms with Crippen LogP contribution in [0.15, 0.2) is 45.0 Å². The second-order valence-corrected chi connectivity index (χ2v) is 7.01. The van der Waals surface area contributed by atoms with Crippen molar-refractivity contribution in [3.8, 4) is 0 Å². The number of carbonyl (C=O) groups is 1. The normalized spacial score (nSPS) is 12.5. The molecule has 3 rings (SSSR count). The van der Waals surface area contributed by atoms with Gasteiger partial charge in [0.25, 0.3) is 0 Å². The highest BCUT2D eigenvalue weighted by molar-refractivity contribution is 7.16. The molecule has 11 heteroatoms. The highest BCUT2D eigenvalue weighted by Gasteiger charge is 2.14. The van der Waals surface area contributed by atoms with Gasteiger partial charge < -0.3 is 13.7 Å². The van der Waals surface area contributed by atoms with E-state index in [1.807, 2.05) is 0 Å². The molecule has 0 N–H and O–H groups in total. The molecule has 0 fully saturated rings. The third kappa shape index (κ3) is 4.29. The smallest absolute Gasteiger partial charge is 0.433 e. The standard InChI is InChI=1S/C17H15ClN4O5S/c1-3-26-16(23)9-21-12-5-4-11(18)8-14(12)28-17(21)20-19-10(2)13-6-7-15(27-13)22(24)25/h4-8H,3,9H2,1-2H3/b19-10+,20-17+. The summed E-state index contributed by atoms with van der Waals surface area (Å²) >= 11 is 7.35. The average Bonchev–Trinajstić information content (AvgIpc) is 3.25. The fraction of sp³-hybridized carbons (Fsp3) is 0.235. The predicted molar refractivity (Wildman–Crippen MR) is 105 cm³/mol. The maximum Gasteiger partial charge on any atom is 0.433 e. The Bertz CT molecular complexity index is 1140. The van der Waals surface area contributed by atoms with Crippen molar-refractivity contribution < 1.29 is 18.9 Å². The molecule has 0 aliphatic heterocycles. The van der Waals surface area contributed by atoms with Crippen LogP contribution >= 0.6 is 22.9 Å². The molecule has 0 spiro atoms. The first-order valence-electron chi connectivity index (χ1n) is 8.16. The molecule has 0 aliphatic carbocycles. The van der Waals surface area contributed by atoms with Crippen LogP contribution in [0.2, 0.25) is 5.02 Å². The van der Waals surface area contributed by atoms with Gasteiger partial charge in [-0.3, -0.25) is 14.9 Å². The van der Waals surface area contributed by atoms with Crippen molar-refractivity contribution in [2.45, 2.75) is 20.4 Å². The third-order valence-corrected chi connectivity index (χ3v) is 4.92. The summed E-state index contributed by atoms with van der Waals surface area (Å²) in [4.78, 5) is 22.5. The number of halogens is 1. The van der Waals surface area contributed by atoms with Gasteiger partial charge in [-0.05, 0) is 38.1 Å². The van der Waals surface area contributed by atoms with Gasteiger partial charge in [-0.25, -0.2) is 0 Å². The summed E-state index contributed by atoms with van der Waals surface area (Å²) in [5.74, 6) is -0.545. The molecule has 0 aliphatic rings. The summed E-state index contributed by atoms with van der Waals surface area (Å²) in [6, 6.07) is 7.98. The van der Waals surface area contributed by atoms with Gasteiger partial charge in [-0.15, -0.1) is 10.2 Å². The van der Waals surface area contributed by atoms with Crippen LogP contribution in [-0.4, -0.2) is 27.8 Å². The van der Waals surface area contributed by atoms with E-state index in [1.165, 1.54) is 23.5 Å².